The van der Waals surface area contributed by atoms with E-state index in [-0.39, 0.29) is 5.91 Å². The van der Waals surface area contributed by atoms with Crippen molar-refractivity contribution in [2.24, 2.45) is 0 Å². The molecule has 0 atom stereocenters. The number of carbonyl (C=O) groups excluding carboxylic acids is 1. The molecule has 33 heavy (non-hydrogen) atoms. The maximum Gasteiger partial charge on any atom is 0.260 e. The monoisotopic (exact) mass is 452 g/mol. The molecule has 1 amide bonds. The molecule has 4 nitrogen and oxygen atoms in total. The molecule has 2 heterocycles. The fraction of sp³-hybridized carbons (Fsp3) is 0.143. The summed E-state index contributed by atoms with van der Waals surface area (Å²) in [7, 11) is 0. The second kappa shape index (κ2) is 9.04. The van der Waals surface area contributed by atoms with Gasteiger partial charge in [-0.05, 0) is 72.9 Å². The number of amides is 1. The molecule has 0 N–H and O–H groups in total. The van der Waals surface area contributed by atoms with Crippen LogP contribution in [0.1, 0.15) is 38.4 Å². The molecule has 0 saturated heterocycles. The van der Waals surface area contributed by atoms with Gasteiger partial charge in [0, 0.05) is 5.56 Å². The minimum atomic E-state index is -0.0916. The van der Waals surface area contributed by atoms with E-state index >= 15 is 0 Å². The summed E-state index contributed by atoms with van der Waals surface area (Å²) in [5, 5.41) is 0.675. The predicted molar refractivity (Wildman–Crippen MR) is 134 cm³/mol. The molecule has 0 saturated carbocycles. The highest BCUT2D eigenvalue weighted by molar-refractivity contribution is 7.22. The molecule has 164 valence electrons. The molecule has 0 radical (unpaired) electrons. The van der Waals surface area contributed by atoms with Crippen molar-refractivity contribution >= 4 is 32.6 Å². The Morgan fingerprint density at radius 2 is 1.70 bits per heavy atom. The number of aromatic nitrogens is 1. The molecule has 0 aliphatic heterocycles. The number of benzene rings is 3. The van der Waals surface area contributed by atoms with Crippen molar-refractivity contribution in [3.05, 3.63) is 119 Å². The molecule has 5 heteroatoms. The molecule has 5 rings (SSSR count). The van der Waals surface area contributed by atoms with Crippen LogP contribution in [0.2, 0.25) is 0 Å². The van der Waals surface area contributed by atoms with Gasteiger partial charge in [-0.1, -0.05) is 59.9 Å². The summed E-state index contributed by atoms with van der Waals surface area (Å²) in [6.45, 7) is 4.48. The highest BCUT2D eigenvalue weighted by Crippen LogP contribution is 2.33. The summed E-state index contributed by atoms with van der Waals surface area (Å²) in [6.07, 6.45) is 2.46. The number of anilines is 1. The molecule has 0 bridgehead atoms. The second-order valence-corrected chi connectivity index (χ2v) is 9.23. The maximum absolute atomic E-state index is 13.6. The number of fused-ring (bicyclic) bond motifs is 1. The lowest BCUT2D eigenvalue weighted by atomic mass is 10.0. The Bertz CT molecular complexity index is 1390. The van der Waals surface area contributed by atoms with Crippen molar-refractivity contribution in [2.75, 3.05) is 4.90 Å². The molecule has 0 aliphatic carbocycles. The summed E-state index contributed by atoms with van der Waals surface area (Å²) in [6, 6.07) is 26.1. The van der Waals surface area contributed by atoms with E-state index in [1.54, 1.807) is 22.5 Å². The van der Waals surface area contributed by atoms with E-state index in [4.69, 9.17) is 9.40 Å². The first-order valence-electron chi connectivity index (χ1n) is 10.9. The van der Waals surface area contributed by atoms with Gasteiger partial charge in [0.15, 0.2) is 5.13 Å². The van der Waals surface area contributed by atoms with Crippen LogP contribution < -0.4 is 4.90 Å². The van der Waals surface area contributed by atoms with Crippen molar-refractivity contribution < 1.29 is 9.21 Å². The van der Waals surface area contributed by atoms with Crippen molar-refractivity contribution in [2.45, 2.75) is 26.8 Å². The summed E-state index contributed by atoms with van der Waals surface area (Å²) < 4.78 is 6.66. The van der Waals surface area contributed by atoms with Gasteiger partial charge in [0.2, 0.25) is 0 Å². The SMILES string of the molecule is Cc1cc(C)c2sc(N(Cc3ccco3)C(=O)c3ccc(Cc4ccccc4)cc3)nc2c1. The third-order valence-corrected chi connectivity index (χ3v) is 6.86. The fourth-order valence-electron chi connectivity index (χ4n) is 4.02. The van der Waals surface area contributed by atoms with E-state index in [0.29, 0.717) is 17.2 Å². The largest absolute Gasteiger partial charge is 0.467 e. The molecular weight excluding hydrogens is 428 g/mol. The number of furan rings is 1. The summed E-state index contributed by atoms with van der Waals surface area (Å²) in [5.74, 6) is 0.627. The number of hydrogen-bond donors (Lipinski definition) is 0. The van der Waals surface area contributed by atoms with Crippen LogP contribution in [-0.2, 0) is 13.0 Å². The Morgan fingerprint density at radius 3 is 2.42 bits per heavy atom. The lowest BCUT2D eigenvalue weighted by molar-refractivity contribution is 0.0983. The Labute approximate surface area is 197 Å². The first-order valence-corrected chi connectivity index (χ1v) is 11.7. The van der Waals surface area contributed by atoms with Crippen molar-refractivity contribution in [1.29, 1.82) is 0 Å². The fourth-order valence-corrected chi connectivity index (χ4v) is 5.03. The average molecular weight is 453 g/mol. The van der Waals surface area contributed by atoms with Gasteiger partial charge < -0.3 is 4.42 Å². The van der Waals surface area contributed by atoms with Crippen molar-refractivity contribution in [1.82, 2.24) is 4.98 Å². The van der Waals surface area contributed by atoms with E-state index < -0.39 is 0 Å². The minimum Gasteiger partial charge on any atom is -0.467 e. The molecule has 0 spiro atoms. The Balaban J connectivity index is 1.46. The number of rotatable bonds is 6. The van der Waals surface area contributed by atoms with E-state index in [1.165, 1.54) is 16.7 Å². The van der Waals surface area contributed by atoms with E-state index in [2.05, 4.69) is 38.1 Å². The lowest BCUT2D eigenvalue weighted by Gasteiger charge is -2.19. The van der Waals surface area contributed by atoms with E-state index in [1.807, 2.05) is 54.6 Å². The third kappa shape index (κ3) is 4.59. The number of aryl methyl sites for hydroxylation is 2. The van der Waals surface area contributed by atoms with Gasteiger partial charge in [0.05, 0.1) is 23.0 Å². The molecular formula is C28H24N2O2S. The van der Waals surface area contributed by atoms with Gasteiger partial charge in [-0.3, -0.25) is 9.69 Å². The Morgan fingerprint density at radius 1 is 0.939 bits per heavy atom. The minimum absolute atomic E-state index is 0.0916. The second-order valence-electron chi connectivity index (χ2n) is 8.26. The molecule has 0 fully saturated rings. The number of nitrogens with zero attached hydrogens (tertiary/aromatic N) is 2. The maximum atomic E-state index is 13.6. The highest BCUT2D eigenvalue weighted by atomic mass is 32.1. The third-order valence-electron chi connectivity index (χ3n) is 5.63. The summed E-state index contributed by atoms with van der Waals surface area (Å²) in [5.41, 5.74) is 6.30. The molecule has 0 aliphatic rings. The van der Waals surface area contributed by atoms with Gasteiger partial charge in [-0.25, -0.2) is 4.98 Å². The number of carbonyl (C=O) groups is 1. The van der Waals surface area contributed by atoms with Crippen molar-refractivity contribution in [3.63, 3.8) is 0 Å². The predicted octanol–water partition coefficient (Wildman–Crippen LogP) is 6.94. The molecule has 2 aromatic heterocycles. The normalized spacial score (nSPS) is 11.1. The number of thiazole rings is 1. The summed E-state index contributed by atoms with van der Waals surface area (Å²) >= 11 is 1.54. The van der Waals surface area contributed by atoms with Crippen molar-refractivity contribution in [3.8, 4) is 0 Å². The smallest absolute Gasteiger partial charge is 0.260 e. The van der Waals surface area contributed by atoms with Crippen LogP contribution in [-0.4, -0.2) is 10.9 Å². The highest BCUT2D eigenvalue weighted by Gasteiger charge is 2.23. The van der Waals surface area contributed by atoms with Crippen LogP contribution in [0.4, 0.5) is 5.13 Å². The quantitative estimate of drug-likeness (QED) is 0.280. The zero-order chi connectivity index (χ0) is 22.8. The van der Waals surface area contributed by atoms with Crippen LogP contribution >= 0.6 is 11.3 Å². The summed E-state index contributed by atoms with van der Waals surface area (Å²) in [4.78, 5) is 20.2. The van der Waals surface area contributed by atoms with Crippen LogP contribution in [0, 0.1) is 13.8 Å². The van der Waals surface area contributed by atoms with Gasteiger partial charge in [-0.15, -0.1) is 0 Å². The first-order chi connectivity index (χ1) is 16.1. The van der Waals surface area contributed by atoms with E-state index in [9.17, 15) is 4.79 Å². The van der Waals surface area contributed by atoms with Gasteiger partial charge >= 0.3 is 0 Å². The average Bonchev–Trinajstić information content (AvgIpc) is 3.48. The standard InChI is InChI=1S/C28H24N2O2S/c1-19-15-20(2)26-25(16-19)29-28(33-26)30(18-24-9-6-14-32-24)27(31)23-12-10-22(11-13-23)17-21-7-4-3-5-8-21/h3-16H,17-18H2,1-2H3. The van der Waals surface area contributed by atoms with Crippen LogP contribution in [0.3, 0.4) is 0 Å². The van der Waals surface area contributed by atoms with Crippen LogP contribution in [0.5, 0.6) is 0 Å². The van der Waals surface area contributed by atoms with Gasteiger partial charge in [0.25, 0.3) is 5.91 Å². The van der Waals surface area contributed by atoms with Crippen LogP contribution in [0.25, 0.3) is 10.2 Å². The van der Waals surface area contributed by atoms with E-state index in [0.717, 1.165) is 28.0 Å². The molecule has 5 aromatic rings. The topological polar surface area (TPSA) is 46.3 Å². The zero-order valence-electron chi connectivity index (χ0n) is 18.6. The Kier molecular flexibility index (Phi) is 5.80. The number of hydrogen-bond acceptors (Lipinski definition) is 4. The Hall–Kier alpha value is -3.70. The molecule has 3 aromatic carbocycles. The van der Waals surface area contributed by atoms with Gasteiger partial charge in [-0.2, -0.15) is 0 Å². The molecule has 0 unspecified atom stereocenters. The first kappa shape index (κ1) is 21.2. The zero-order valence-corrected chi connectivity index (χ0v) is 19.4. The van der Waals surface area contributed by atoms with Gasteiger partial charge in [0.1, 0.15) is 5.76 Å². The van der Waals surface area contributed by atoms with Crippen LogP contribution in [0.15, 0.2) is 89.5 Å². The lowest BCUT2D eigenvalue weighted by Crippen LogP contribution is -2.30.